The van der Waals surface area contributed by atoms with E-state index in [-0.39, 0.29) is 55.7 Å². The van der Waals surface area contributed by atoms with Crippen molar-refractivity contribution in [3.05, 3.63) is 114 Å². The molecule has 3 atom stereocenters. The fourth-order valence-corrected chi connectivity index (χ4v) is 6.77. The van der Waals surface area contributed by atoms with E-state index < -0.39 is 12.2 Å². The van der Waals surface area contributed by atoms with Gasteiger partial charge in [0, 0.05) is 36.6 Å². The molecule has 10 nitrogen and oxygen atoms in total. The molecule has 4 aromatic rings. The van der Waals surface area contributed by atoms with E-state index in [1.165, 1.54) is 0 Å². The van der Waals surface area contributed by atoms with Crippen molar-refractivity contribution >= 4 is 28.7 Å². The molecule has 0 spiro atoms. The van der Waals surface area contributed by atoms with Crippen LogP contribution in [0.25, 0.3) is 10.9 Å². The van der Waals surface area contributed by atoms with E-state index in [0.717, 1.165) is 34.0 Å². The molecular weight excluding hydrogens is 580 g/mol. The average Bonchev–Trinajstić information content (AvgIpc) is 3.49. The fraction of sp³-hybridized carbons (Fsp3) is 0.306. The SMILES string of the molecule is C=CCN1CC(=O)N2C(Cc3ccc(O)cc3)C(=O)N(C(CCC)c3c[nH]c4ccccc34)CC2N1C(=O)NCc1ccccc1. The molecule has 3 heterocycles. The number of aromatic hydroxyl groups is 1. The largest absolute Gasteiger partial charge is 0.508 e. The maximum absolute atomic E-state index is 14.7. The maximum Gasteiger partial charge on any atom is 0.334 e. The zero-order chi connectivity index (χ0) is 32.2. The lowest BCUT2D eigenvalue weighted by atomic mass is 9.94. The second-order valence-corrected chi connectivity index (χ2v) is 11.9. The number of rotatable bonds is 10. The number of aromatic amines is 1. The first kappa shape index (κ1) is 30.9. The highest BCUT2D eigenvalue weighted by Crippen LogP contribution is 2.37. The molecule has 2 aliphatic heterocycles. The van der Waals surface area contributed by atoms with Gasteiger partial charge in [-0.1, -0.05) is 80.1 Å². The quantitative estimate of drug-likeness (QED) is 0.217. The number of H-pyrrole nitrogens is 1. The van der Waals surface area contributed by atoms with Crippen molar-refractivity contribution in [3.63, 3.8) is 0 Å². The summed E-state index contributed by atoms with van der Waals surface area (Å²) in [5, 5.41) is 17.3. The van der Waals surface area contributed by atoms with Crippen LogP contribution in [0.4, 0.5) is 4.79 Å². The number of para-hydroxylation sites is 1. The van der Waals surface area contributed by atoms with Gasteiger partial charge in [0.15, 0.2) is 0 Å². The fourth-order valence-electron chi connectivity index (χ4n) is 6.77. The third-order valence-electron chi connectivity index (χ3n) is 8.90. The van der Waals surface area contributed by atoms with Gasteiger partial charge in [-0.25, -0.2) is 14.8 Å². The van der Waals surface area contributed by atoms with Gasteiger partial charge in [-0.3, -0.25) is 9.59 Å². The number of carbonyl (C=O) groups is 3. The molecule has 1 aromatic heterocycles. The van der Waals surface area contributed by atoms with Crippen LogP contribution in [0.1, 0.15) is 42.5 Å². The summed E-state index contributed by atoms with van der Waals surface area (Å²) in [6, 6.07) is 22.9. The molecule has 0 bridgehead atoms. The molecule has 46 heavy (non-hydrogen) atoms. The summed E-state index contributed by atoms with van der Waals surface area (Å²) in [7, 11) is 0. The van der Waals surface area contributed by atoms with Crippen molar-refractivity contribution in [2.75, 3.05) is 19.6 Å². The van der Waals surface area contributed by atoms with Gasteiger partial charge >= 0.3 is 6.03 Å². The first-order chi connectivity index (χ1) is 22.4. The Bertz CT molecular complexity index is 1700. The predicted molar refractivity (Wildman–Crippen MR) is 176 cm³/mol. The van der Waals surface area contributed by atoms with Crippen LogP contribution in [-0.4, -0.2) is 79.6 Å². The Morgan fingerprint density at radius 1 is 1.04 bits per heavy atom. The predicted octanol–water partition coefficient (Wildman–Crippen LogP) is 4.95. The van der Waals surface area contributed by atoms with Gasteiger partial charge in [0.05, 0.1) is 19.1 Å². The van der Waals surface area contributed by atoms with Crippen LogP contribution in [0.3, 0.4) is 0 Å². The van der Waals surface area contributed by atoms with Crippen molar-refractivity contribution in [3.8, 4) is 5.75 Å². The van der Waals surface area contributed by atoms with Crippen LogP contribution in [0.5, 0.6) is 5.75 Å². The highest BCUT2D eigenvalue weighted by molar-refractivity contribution is 5.92. The normalized spacial score (nSPS) is 19.3. The number of urea groups is 1. The molecule has 3 aromatic carbocycles. The highest BCUT2D eigenvalue weighted by Gasteiger charge is 2.52. The molecule has 4 amide bonds. The summed E-state index contributed by atoms with van der Waals surface area (Å²) in [5.41, 5.74) is 3.74. The van der Waals surface area contributed by atoms with Crippen molar-refractivity contribution < 1.29 is 19.5 Å². The van der Waals surface area contributed by atoms with Gasteiger partial charge < -0.3 is 25.2 Å². The number of nitrogens with one attached hydrogen (secondary N) is 2. The minimum absolute atomic E-state index is 0.0680. The number of phenols is 1. The van der Waals surface area contributed by atoms with Crippen LogP contribution >= 0.6 is 0 Å². The minimum atomic E-state index is -0.851. The van der Waals surface area contributed by atoms with E-state index in [1.54, 1.807) is 45.3 Å². The number of amides is 4. The number of hydrogen-bond acceptors (Lipinski definition) is 5. The van der Waals surface area contributed by atoms with Gasteiger partial charge in [-0.2, -0.15) is 0 Å². The minimum Gasteiger partial charge on any atom is -0.508 e. The number of aromatic nitrogens is 1. The monoisotopic (exact) mass is 620 g/mol. The number of piperazine rings is 1. The van der Waals surface area contributed by atoms with Crippen LogP contribution in [0.2, 0.25) is 0 Å². The van der Waals surface area contributed by atoms with E-state index in [0.29, 0.717) is 13.0 Å². The van der Waals surface area contributed by atoms with Crippen LogP contribution < -0.4 is 5.32 Å². The number of fused-ring (bicyclic) bond motifs is 2. The Balaban J connectivity index is 1.42. The summed E-state index contributed by atoms with van der Waals surface area (Å²) >= 11 is 0. The van der Waals surface area contributed by atoms with Crippen molar-refractivity contribution in [1.82, 2.24) is 30.1 Å². The van der Waals surface area contributed by atoms with E-state index >= 15 is 0 Å². The zero-order valence-electron chi connectivity index (χ0n) is 26.0. The van der Waals surface area contributed by atoms with Crippen molar-refractivity contribution in [2.45, 2.75) is 51.0 Å². The van der Waals surface area contributed by atoms with Gasteiger partial charge in [0.2, 0.25) is 11.8 Å². The van der Waals surface area contributed by atoms with Crippen LogP contribution in [0, 0.1) is 0 Å². The van der Waals surface area contributed by atoms with Gasteiger partial charge in [-0.15, -0.1) is 6.58 Å². The third-order valence-corrected chi connectivity index (χ3v) is 8.90. The lowest BCUT2D eigenvalue weighted by Crippen LogP contribution is -2.76. The number of carbonyl (C=O) groups excluding carboxylic acids is 3. The highest BCUT2D eigenvalue weighted by atomic mass is 16.3. The molecule has 6 rings (SSSR count). The molecule has 0 saturated carbocycles. The second-order valence-electron chi connectivity index (χ2n) is 11.9. The smallest absolute Gasteiger partial charge is 0.334 e. The zero-order valence-corrected chi connectivity index (χ0v) is 26.0. The van der Waals surface area contributed by atoms with Crippen LogP contribution in [0.15, 0.2) is 97.7 Å². The number of nitrogens with zero attached hydrogens (tertiary/aromatic N) is 4. The van der Waals surface area contributed by atoms with Crippen molar-refractivity contribution in [2.24, 2.45) is 0 Å². The molecule has 238 valence electrons. The summed E-state index contributed by atoms with van der Waals surface area (Å²) in [5.74, 6) is -0.269. The van der Waals surface area contributed by atoms with E-state index in [9.17, 15) is 19.5 Å². The number of hydrogen-bond donors (Lipinski definition) is 3. The Morgan fingerprint density at radius 2 is 1.78 bits per heavy atom. The molecule has 0 radical (unpaired) electrons. The molecular formula is C36H40N6O4. The van der Waals surface area contributed by atoms with Gasteiger partial charge in [0.25, 0.3) is 0 Å². The van der Waals surface area contributed by atoms with Crippen LogP contribution in [-0.2, 0) is 22.6 Å². The Labute approximate surface area is 268 Å². The lowest BCUT2D eigenvalue weighted by molar-refractivity contribution is -0.191. The molecule has 0 aliphatic carbocycles. The topological polar surface area (TPSA) is 112 Å². The second kappa shape index (κ2) is 13.5. The summed E-state index contributed by atoms with van der Waals surface area (Å²) < 4.78 is 0. The average molecular weight is 621 g/mol. The lowest BCUT2D eigenvalue weighted by Gasteiger charge is -2.56. The maximum atomic E-state index is 14.7. The Kier molecular flexibility index (Phi) is 9.07. The third kappa shape index (κ3) is 6.08. The first-order valence-electron chi connectivity index (χ1n) is 15.8. The number of phenolic OH excluding ortho intramolecular Hbond substituents is 1. The van der Waals surface area contributed by atoms with E-state index in [4.69, 9.17) is 0 Å². The molecule has 2 aliphatic rings. The molecule has 3 unspecified atom stereocenters. The Morgan fingerprint density at radius 3 is 2.52 bits per heavy atom. The Hall–Kier alpha value is -5.09. The molecule has 10 heteroatoms. The van der Waals surface area contributed by atoms with Gasteiger partial charge in [-0.05, 0) is 41.3 Å². The number of hydrazine groups is 1. The van der Waals surface area contributed by atoms with Gasteiger partial charge in [0.1, 0.15) is 18.0 Å². The van der Waals surface area contributed by atoms with E-state index in [1.807, 2.05) is 59.6 Å². The summed E-state index contributed by atoms with van der Waals surface area (Å²) in [4.78, 5) is 49.5. The molecule has 2 fully saturated rings. The van der Waals surface area contributed by atoms with Crippen molar-refractivity contribution in [1.29, 1.82) is 0 Å². The molecule has 2 saturated heterocycles. The first-order valence-corrected chi connectivity index (χ1v) is 15.8. The summed E-state index contributed by atoms with van der Waals surface area (Å²) in [6.45, 7) is 6.64. The summed E-state index contributed by atoms with van der Waals surface area (Å²) in [6.07, 6.45) is 4.67. The molecule has 3 N–H and O–H groups in total. The standard InChI is InChI=1S/C36H40N6O4/c1-3-10-31(29-22-37-30-14-9-8-13-28(29)30)40-23-33-41(32(35(40)45)20-25-15-17-27(43)18-16-25)34(44)24-39(19-4-2)42(33)36(46)38-21-26-11-6-5-7-12-26/h4-9,11-18,22,31-33,37,43H,2-3,10,19-21,23-24H2,1H3,(H,38,46). The number of benzene rings is 3. The van der Waals surface area contributed by atoms with E-state index in [2.05, 4.69) is 29.9 Å².